The molecule has 0 saturated carbocycles. The Morgan fingerprint density at radius 1 is 0.323 bits per heavy atom. The van der Waals surface area contributed by atoms with Gasteiger partial charge in [0.15, 0.2) is 5.82 Å². The van der Waals surface area contributed by atoms with Gasteiger partial charge in [0.2, 0.25) is 11.9 Å². The third kappa shape index (κ3) is 5.98. The van der Waals surface area contributed by atoms with Gasteiger partial charge in [-0.25, -0.2) is 0 Å². The molecule has 0 bridgehead atoms. The van der Waals surface area contributed by atoms with Gasteiger partial charge in [-0.05, 0) is 74.7 Å². The number of aromatic nitrogens is 5. The van der Waals surface area contributed by atoms with Crippen LogP contribution in [-0.4, -0.2) is 24.1 Å². The van der Waals surface area contributed by atoms with E-state index in [2.05, 4.69) is 0 Å². The molecule has 0 aliphatic rings. The average Bonchev–Trinajstić information content (AvgIpc) is 1.55. The van der Waals surface area contributed by atoms with Crippen molar-refractivity contribution >= 4 is 43.6 Å². The molecule has 0 aliphatic carbocycles. The Kier molecular flexibility index (Phi) is 4.48. The van der Waals surface area contributed by atoms with Crippen LogP contribution in [0.25, 0.3) is 111 Å². The lowest BCUT2D eigenvalue weighted by Crippen LogP contribution is -2.10. The van der Waals surface area contributed by atoms with E-state index in [0.29, 0.717) is 11.1 Å². The van der Waals surface area contributed by atoms with Crippen molar-refractivity contribution in [2.75, 3.05) is 0 Å². The highest BCUT2D eigenvalue weighted by atomic mass is 15.3. The molecule has 5 nitrogen and oxygen atoms in total. The maximum atomic E-state index is 10.0. The van der Waals surface area contributed by atoms with E-state index < -0.39 is 223 Å². The number of nitrogens with zero attached hydrogens (tertiary/aromatic N) is 5. The highest BCUT2D eigenvalue weighted by Crippen LogP contribution is 2.39. The van der Waals surface area contributed by atoms with Gasteiger partial charge in [-0.15, -0.1) is 0 Å². The van der Waals surface area contributed by atoms with Gasteiger partial charge >= 0.3 is 0 Å². The third-order valence-electron chi connectivity index (χ3n) is 10.3. The van der Waals surface area contributed by atoms with Crippen molar-refractivity contribution in [3.05, 3.63) is 224 Å². The summed E-state index contributed by atoms with van der Waals surface area (Å²) in [7, 11) is 0. The van der Waals surface area contributed by atoms with Crippen molar-refractivity contribution < 1.29 is 32.9 Å². The zero-order valence-corrected chi connectivity index (χ0v) is 31.7. The molecule has 0 atom stereocenters. The molecular formula is C57H37N5. The first-order valence-corrected chi connectivity index (χ1v) is 19.0. The second kappa shape index (κ2) is 14.7. The van der Waals surface area contributed by atoms with Crippen molar-refractivity contribution in [1.29, 1.82) is 0 Å². The van der Waals surface area contributed by atoms with E-state index in [1.54, 1.807) is 36.4 Å². The zero-order chi connectivity index (χ0) is 61.9. The minimum atomic E-state index is -0.867. The van der Waals surface area contributed by atoms with Crippen LogP contribution in [0.3, 0.4) is 0 Å². The van der Waals surface area contributed by atoms with Crippen molar-refractivity contribution in [3.63, 3.8) is 0 Å². The van der Waals surface area contributed by atoms with Gasteiger partial charge in [-0.2, -0.15) is 15.0 Å². The first kappa shape index (κ1) is 18.9. The van der Waals surface area contributed by atoms with Crippen LogP contribution < -0.4 is 0 Å². The molecule has 0 radical (unpaired) electrons. The van der Waals surface area contributed by atoms with Gasteiger partial charge in [0.25, 0.3) is 0 Å². The lowest BCUT2D eigenvalue weighted by molar-refractivity contribution is 0.893. The zero-order valence-electron chi connectivity index (χ0n) is 55.7. The number of hydrogen-bond acceptors (Lipinski definition) is 3. The number of rotatable bonds is 7. The van der Waals surface area contributed by atoms with Crippen LogP contribution in [-0.2, 0) is 0 Å². The Morgan fingerprint density at radius 2 is 0.790 bits per heavy atom. The summed E-state index contributed by atoms with van der Waals surface area (Å²) in [5.74, 6) is -1.69. The van der Waals surface area contributed by atoms with E-state index in [-0.39, 0.29) is 11.4 Å². The molecule has 0 spiro atoms. The van der Waals surface area contributed by atoms with Crippen molar-refractivity contribution in [1.82, 2.24) is 24.1 Å². The molecule has 62 heavy (non-hydrogen) atoms. The molecule has 12 aromatic rings. The summed E-state index contributed by atoms with van der Waals surface area (Å²) >= 11 is 0. The predicted octanol–water partition coefficient (Wildman–Crippen LogP) is 14.4. The summed E-state index contributed by atoms with van der Waals surface area (Å²) < 4.78 is 220. The standard InChI is InChI=1S/C57H37N5/c1-4-17-38(18-5-1)41-23-16-24-44(35-41)45-25-10-11-28-50(45)55-58-56(61-51-29-14-12-26-46(51)48-33-31-42(36-53(48)61)39-19-6-2-7-20-39)60-57(59-55)62-52-30-15-13-27-47(52)49-34-32-43(37-54(49)62)40-21-8-3-9-22-40/h1-37H/i2D,3D,6D,7D,8D,9D,12D,13D,14D,15D,19D,20D,21D,22D,26D,27D,29D,30D,31D,32D,33D,34D,36D,37D. The minimum absolute atomic E-state index is 0.189. The van der Waals surface area contributed by atoms with Crippen molar-refractivity contribution in [3.8, 4) is 67.8 Å². The number of fused-ring (bicyclic) bond motifs is 6. The Labute approximate surface area is 392 Å². The molecule has 5 heteroatoms. The van der Waals surface area contributed by atoms with Gasteiger partial charge in [0, 0.05) is 27.1 Å². The molecule has 0 aliphatic heterocycles. The van der Waals surface area contributed by atoms with Crippen LogP contribution in [0.5, 0.6) is 0 Å². The summed E-state index contributed by atoms with van der Waals surface area (Å²) in [4.78, 5) is 14.8. The minimum Gasteiger partial charge on any atom is -0.278 e. The fourth-order valence-corrected chi connectivity index (χ4v) is 7.52. The number of benzene rings is 9. The van der Waals surface area contributed by atoms with E-state index in [1.807, 2.05) is 42.5 Å². The molecule has 3 heterocycles. The maximum Gasteiger partial charge on any atom is 0.240 e. The van der Waals surface area contributed by atoms with Crippen LogP contribution in [0.2, 0.25) is 0 Å². The molecule has 0 fully saturated rings. The maximum absolute atomic E-state index is 10.0. The second-order valence-corrected chi connectivity index (χ2v) is 13.8. The van der Waals surface area contributed by atoms with E-state index in [1.165, 1.54) is 0 Å². The van der Waals surface area contributed by atoms with Gasteiger partial charge in [0.05, 0.1) is 55.0 Å². The van der Waals surface area contributed by atoms with E-state index in [9.17, 15) is 13.7 Å². The molecule has 12 rings (SSSR count). The van der Waals surface area contributed by atoms with Crippen molar-refractivity contribution in [2.24, 2.45) is 0 Å². The monoisotopic (exact) mass is 815 g/mol. The number of para-hydroxylation sites is 2. The third-order valence-corrected chi connectivity index (χ3v) is 10.3. The largest absolute Gasteiger partial charge is 0.278 e. The molecule has 0 saturated heterocycles. The molecule has 290 valence electrons. The highest BCUT2D eigenvalue weighted by molar-refractivity contribution is 6.11. The number of hydrogen-bond donors (Lipinski definition) is 0. The van der Waals surface area contributed by atoms with Crippen molar-refractivity contribution in [2.45, 2.75) is 0 Å². The van der Waals surface area contributed by atoms with Crippen LogP contribution in [0, 0.1) is 0 Å². The summed E-state index contributed by atoms with van der Waals surface area (Å²) in [6.45, 7) is 0. The normalized spacial score (nSPS) is 17.0. The highest BCUT2D eigenvalue weighted by Gasteiger charge is 2.22. The molecule has 0 amide bonds. The van der Waals surface area contributed by atoms with Crippen LogP contribution in [0.15, 0.2) is 224 Å². The average molecular weight is 816 g/mol. The summed E-state index contributed by atoms with van der Waals surface area (Å²) in [6.07, 6.45) is 0. The molecule has 0 N–H and O–H groups in total. The predicted molar refractivity (Wildman–Crippen MR) is 256 cm³/mol. The fourth-order valence-electron chi connectivity index (χ4n) is 7.52. The second-order valence-electron chi connectivity index (χ2n) is 13.8. The van der Waals surface area contributed by atoms with E-state index >= 15 is 0 Å². The molecule has 9 aromatic carbocycles. The molecule has 3 aromatic heterocycles. The Hall–Kier alpha value is -8.41. The topological polar surface area (TPSA) is 48.5 Å². The SMILES string of the molecule is [2H]c1c([2H])c([2H])c(-c2c([2H])c([2H])c3c4c([2H])c([2H])c([2H])c([2H])c4n(-c4nc(-c5ccccc5-c5cccc(-c6ccccc6)c5)nc(-n5c6c([2H])c([2H])c([2H])c([2H])c6c6c([2H])c([2H])c(-c7c([2H])c([2H])c([2H])c([2H])c7[2H])c([2H])c65)n4)c3c2[2H])c([2H])c1[2H]. The van der Waals surface area contributed by atoms with Gasteiger partial charge < -0.3 is 0 Å². The van der Waals surface area contributed by atoms with Gasteiger partial charge in [-0.1, -0.05) is 194 Å². The van der Waals surface area contributed by atoms with E-state index in [4.69, 9.17) is 34.1 Å². The van der Waals surface area contributed by atoms with E-state index in [0.717, 1.165) is 20.3 Å². The Balaban J connectivity index is 1.32. The smallest absolute Gasteiger partial charge is 0.240 e. The first-order valence-electron chi connectivity index (χ1n) is 31.0. The summed E-state index contributed by atoms with van der Waals surface area (Å²) in [5, 5.41) is -1.83. The Bertz CT molecular complexity index is 4760. The molecule has 0 unspecified atom stereocenters. The fraction of sp³-hybridized carbons (Fsp3) is 0. The first-order chi connectivity index (χ1) is 40.7. The summed E-state index contributed by atoms with van der Waals surface area (Å²) in [5.41, 5.74) is -2.04. The quantitative estimate of drug-likeness (QED) is 0.161. The summed E-state index contributed by atoms with van der Waals surface area (Å²) in [6, 6.07) is 3.40. The van der Waals surface area contributed by atoms with Crippen LogP contribution in [0.4, 0.5) is 0 Å². The molecular weight excluding hydrogens is 755 g/mol. The Morgan fingerprint density at radius 3 is 1.37 bits per heavy atom. The van der Waals surface area contributed by atoms with Crippen LogP contribution >= 0.6 is 0 Å². The lowest BCUT2D eigenvalue weighted by Gasteiger charge is -2.15. The van der Waals surface area contributed by atoms with Gasteiger partial charge in [0.1, 0.15) is 0 Å². The van der Waals surface area contributed by atoms with Crippen LogP contribution in [0.1, 0.15) is 32.9 Å². The lowest BCUT2D eigenvalue weighted by atomic mass is 9.95. The van der Waals surface area contributed by atoms with Gasteiger partial charge in [-0.3, -0.25) is 9.13 Å².